The molecule has 1 radical (unpaired) electrons. The van der Waals surface area contributed by atoms with E-state index in [2.05, 4.69) is 26.2 Å². The molecule has 2 aromatic rings. The molecule has 0 aliphatic rings. The molecule has 0 saturated carbocycles. The van der Waals surface area contributed by atoms with Gasteiger partial charge in [-0.15, -0.1) is 10.2 Å². The summed E-state index contributed by atoms with van der Waals surface area (Å²) in [5.41, 5.74) is -0.758. The summed E-state index contributed by atoms with van der Waals surface area (Å²) in [5, 5.41) is 18.6. The third-order valence-corrected chi connectivity index (χ3v) is 1.33. The Hall–Kier alpha value is -2.18. The second kappa shape index (κ2) is 2.70. The van der Waals surface area contributed by atoms with Crippen molar-refractivity contribution in [2.24, 2.45) is 0 Å². The summed E-state index contributed by atoms with van der Waals surface area (Å²) in [6, 6.07) is 1.43. The van der Waals surface area contributed by atoms with E-state index in [1.807, 2.05) is 0 Å². The fraction of sp³-hybridized carbons (Fsp3) is 0. The van der Waals surface area contributed by atoms with E-state index in [0.29, 0.717) is 0 Å². The molecule has 0 aromatic carbocycles. The second-order valence-corrected chi connectivity index (χ2v) is 2.11. The third-order valence-electron chi connectivity index (χ3n) is 1.33. The van der Waals surface area contributed by atoms with Crippen LogP contribution in [0, 0.1) is 6.33 Å². The summed E-state index contributed by atoms with van der Waals surface area (Å²) in [6.45, 7) is 0. The smallest absolute Gasteiger partial charge is 0.323 e. The minimum absolute atomic E-state index is 0.121. The number of aromatic nitrogens is 4. The van der Waals surface area contributed by atoms with Crippen molar-refractivity contribution in [3.8, 4) is 11.8 Å². The van der Waals surface area contributed by atoms with Crippen LogP contribution in [0.15, 0.2) is 21.6 Å². The summed E-state index contributed by atoms with van der Waals surface area (Å²) < 4.78 is 5.53. The molecular weight excluding hydrogens is 176 g/mol. The van der Waals surface area contributed by atoms with E-state index in [1.54, 1.807) is 0 Å². The molecule has 0 unspecified atom stereocenters. The first-order valence-corrected chi connectivity index (χ1v) is 3.26. The molecule has 2 heterocycles. The lowest BCUT2D eigenvalue weighted by Crippen LogP contribution is -2.19. The van der Waals surface area contributed by atoms with Crippen LogP contribution in [-0.4, -0.2) is 25.0 Å². The quantitative estimate of drug-likeness (QED) is 0.610. The van der Waals surface area contributed by atoms with Crippen LogP contribution in [0.25, 0.3) is 5.88 Å². The van der Waals surface area contributed by atoms with Gasteiger partial charge in [0.15, 0.2) is 0 Å². The highest BCUT2D eigenvalue weighted by atomic mass is 16.5. The summed E-state index contributed by atoms with van der Waals surface area (Å²) in [7, 11) is 0. The van der Waals surface area contributed by atoms with Crippen LogP contribution in [0.2, 0.25) is 0 Å². The predicted octanol–water partition coefficient (Wildman–Crippen LogP) is -0.879. The van der Waals surface area contributed by atoms with Crippen LogP contribution in [0.1, 0.15) is 0 Å². The fourth-order valence-electron chi connectivity index (χ4n) is 0.776. The highest BCUT2D eigenvalue weighted by molar-refractivity contribution is 5.16. The number of hydrogen-bond donors (Lipinski definition) is 1. The Balaban J connectivity index is 2.66. The molecule has 0 aliphatic heterocycles. The highest BCUT2D eigenvalue weighted by Gasteiger charge is 2.08. The van der Waals surface area contributed by atoms with Gasteiger partial charge in [0.05, 0.1) is 6.20 Å². The Labute approximate surface area is 71.2 Å². The van der Waals surface area contributed by atoms with Gasteiger partial charge in [0.1, 0.15) is 0 Å². The summed E-state index contributed by atoms with van der Waals surface area (Å²) in [4.78, 5) is 11.2. The molecule has 65 valence electrons. The van der Waals surface area contributed by atoms with E-state index < -0.39 is 11.4 Å². The number of aromatic hydroxyl groups is 1. The SMILES string of the molecule is O=c1c(O)nn[c]n1-c1ccno1. The van der Waals surface area contributed by atoms with E-state index in [-0.39, 0.29) is 5.88 Å². The first-order chi connectivity index (χ1) is 6.29. The standard InChI is InChI=1S/C6H3N4O3/c11-5-6(12)10(3-7-9-5)4-1-2-8-13-4/h1-2H,(H,9,11). The zero-order chi connectivity index (χ0) is 9.26. The lowest BCUT2D eigenvalue weighted by atomic mass is 10.6. The highest BCUT2D eigenvalue weighted by Crippen LogP contribution is 2.01. The number of hydrogen-bond acceptors (Lipinski definition) is 6. The molecule has 7 heteroatoms. The molecule has 0 spiro atoms. The van der Waals surface area contributed by atoms with E-state index in [4.69, 9.17) is 5.11 Å². The Morgan fingerprint density at radius 3 is 3.15 bits per heavy atom. The van der Waals surface area contributed by atoms with Crippen molar-refractivity contribution in [2.75, 3.05) is 0 Å². The van der Waals surface area contributed by atoms with Crippen LogP contribution in [0.4, 0.5) is 0 Å². The van der Waals surface area contributed by atoms with Crippen molar-refractivity contribution >= 4 is 0 Å². The van der Waals surface area contributed by atoms with Crippen molar-refractivity contribution in [3.05, 3.63) is 28.9 Å². The topological polar surface area (TPSA) is 94.0 Å². The van der Waals surface area contributed by atoms with Gasteiger partial charge < -0.3 is 9.63 Å². The van der Waals surface area contributed by atoms with Crippen LogP contribution in [0.3, 0.4) is 0 Å². The Kier molecular flexibility index (Phi) is 1.55. The van der Waals surface area contributed by atoms with Gasteiger partial charge >= 0.3 is 5.56 Å². The molecule has 0 atom stereocenters. The van der Waals surface area contributed by atoms with Gasteiger partial charge in [-0.05, 0) is 0 Å². The zero-order valence-electron chi connectivity index (χ0n) is 6.21. The van der Waals surface area contributed by atoms with Gasteiger partial charge in [-0.2, -0.15) is 0 Å². The molecule has 0 fully saturated rings. The largest absolute Gasteiger partial charge is 0.488 e. The minimum atomic E-state index is -0.758. The van der Waals surface area contributed by atoms with Crippen LogP contribution in [-0.2, 0) is 0 Å². The average Bonchev–Trinajstić information content (AvgIpc) is 2.62. The summed E-state index contributed by atoms with van der Waals surface area (Å²) >= 11 is 0. The van der Waals surface area contributed by atoms with Gasteiger partial charge in [0, 0.05) is 6.07 Å². The molecule has 0 aliphatic carbocycles. The molecule has 0 saturated heterocycles. The maximum Gasteiger partial charge on any atom is 0.323 e. The second-order valence-electron chi connectivity index (χ2n) is 2.11. The molecule has 1 N–H and O–H groups in total. The maximum absolute atomic E-state index is 11.2. The fourth-order valence-corrected chi connectivity index (χ4v) is 0.776. The maximum atomic E-state index is 11.2. The van der Waals surface area contributed by atoms with E-state index >= 15 is 0 Å². The molecule has 0 amide bonds. The van der Waals surface area contributed by atoms with Crippen molar-refractivity contribution in [1.29, 1.82) is 0 Å². The van der Waals surface area contributed by atoms with E-state index in [1.165, 1.54) is 12.3 Å². The monoisotopic (exact) mass is 179 g/mol. The van der Waals surface area contributed by atoms with Gasteiger partial charge in [-0.25, -0.2) is 4.57 Å². The molecule has 13 heavy (non-hydrogen) atoms. The summed E-state index contributed by atoms with van der Waals surface area (Å²) in [6.07, 6.45) is 3.58. The Morgan fingerprint density at radius 1 is 1.62 bits per heavy atom. The van der Waals surface area contributed by atoms with Gasteiger partial charge in [-0.3, -0.25) is 4.79 Å². The van der Waals surface area contributed by atoms with Gasteiger partial charge in [0.2, 0.25) is 12.2 Å². The molecule has 2 rings (SSSR count). The van der Waals surface area contributed by atoms with Crippen molar-refractivity contribution in [2.45, 2.75) is 0 Å². The predicted molar refractivity (Wildman–Crippen MR) is 38.2 cm³/mol. The lowest BCUT2D eigenvalue weighted by molar-refractivity contribution is 0.389. The molecular formula is C6H3N4O3. The molecule has 0 bridgehead atoms. The number of nitrogens with zero attached hydrogens (tertiary/aromatic N) is 4. The normalized spacial score (nSPS) is 10.2. The number of rotatable bonds is 1. The zero-order valence-corrected chi connectivity index (χ0v) is 6.21. The van der Waals surface area contributed by atoms with Crippen molar-refractivity contribution < 1.29 is 9.63 Å². The van der Waals surface area contributed by atoms with Crippen molar-refractivity contribution in [3.63, 3.8) is 0 Å². The van der Waals surface area contributed by atoms with E-state index in [0.717, 1.165) is 4.57 Å². The Bertz CT molecular complexity index is 461. The minimum Gasteiger partial charge on any atom is -0.488 e. The van der Waals surface area contributed by atoms with Crippen LogP contribution < -0.4 is 5.56 Å². The first-order valence-electron chi connectivity index (χ1n) is 3.26. The first kappa shape index (κ1) is 7.47. The molecule has 2 aromatic heterocycles. The molecule has 7 nitrogen and oxygen atoms in total. The third kappa shape index (κ3) is 1.15. The summed E-state index contributed by atoms with van der Waals surface area (Å²) in [5.74, 6) is -0.592. The van der Waals surface area contributed by atoms with Crippen molar-refractivity contribution in [1.82, 2.24) is 19.9 Å². The van der Waals surface area contributed by atoms with Gasteiger partial charge in [0.25, 0.3) is 5.88 Å². The van der Waals surface area contributed by atoms with E-state index in [9.17, 15) is 4.79 Å². The van der Waals surface area contributed by atoms with Crippen LogP contribution in [0.5, 0.6) is 5.88 Å². The van der Waals surface area contributed by atoms with Gasteiger partial charge in [-0.1, -0.05) is 5.16 Å². The Morgan fingerprint density at radius 2 is 2.46 bits per heavy atom. The van der Waals surface area contributed by atoms with Crippen LogP contribution >= 0.6 is 0 Å². The lowest BCUT2D eigenvalue weighted by Gasteiger charge is -1.95. The average molecular weight is 179 g/mol.